The molecule has 19 heavy (non-hydrogen) atoms. The molecule has 0 bridgehead atoms. The topological polar surface area (TPSA) is 12.0 Å². The number of fused-ring (bicyclic) bond motifs is 1. The van der Waals surface area contributed by atoms with Crippen LogP contribution in [-0.4, -0.2) is 17.5 Å². The van der Waals surface area contributed by atoms with Crippen LogP contribution in [0, 0.1) is 0 Å². The molecule has 1 saturated carbocycles. The Morgan fingerprint density at radius 1 is 1.05 bits per heavy atom. The van der Waals surface area contributed by atoms with Crippen LogP contribution in [0.1, 0.15) is 55.7 Å². The summed E-state index contributed by atoms with van der Waals surface area (Å²) >= 11 is 2.05. The molecular formula is C17H25NS. The second-order valence-corrected chi connectivity index (χ2v) is 7.05. The Morgan fingerprint density at radius 2 is 1.95 bits per heavy atom. The first kappa shape index (κ1) is 13.5. The quantitative estimate of drug-likeness (QED) is 0.824. The van der Waals surface area contributed by atoms with Crippen LogP contribution in [0.3, 0.4) is 0 Å². The van der Waals surface area contributed by atoms with Gasteiger partial charge in [-0.25, -0.2) is 0 Å². The zero-order chi connectivity index (χ0) is 13.1. The second-order valence-electron chi connectivity index (χ2n) is 5.98. The molecule has 0 aliphatic heterocycles. The van der Waals surface area contributed by atoms with E-state index in [1.54, 1.807) is 11.1 Å². The number of nitrogens with one attached hydrogen (secondary N) is 1. The fourth-order valence-electron chi connectivity index (χ4n) is 3.75. The Bertz CT molecular complexity index is 417. The van der Waals surface area contributed by atoms with Gasteiger partial charge in [0.05, 0.1) is 0 Å². The minimum absolute atomic E-state index is 0.594. The number of thioether (sulfide) groups is 1. The van der Waals surface area contributed by atoms with Gasteiger partial charge in [-0.05, 0) is 49.5 Å². The van der Waals surface area contributed by atoms with Crippen LogP contribution in [0.25, 0.3) is 0 Å². The van der Waals surface area contributed by atoms with Gasteiger partial charge in [0.1, 0.15) is 0 Å². The van der Waals surface area contributed by atoms with Crippen LogP contribution in [0.15, 0.2) is 24.3 Å². The van der Waals surface area contributed by atoms with E-state index in [1.165, 1.54) is 44.9 Å². The van der Waals surface area contributed by atoms with E-state index < -0.39 is 0 Å². The van der Waals surface area contributed by atoms with Crippen molar-refractivity contribution < 1.29 is 0 Å². The van der Waals surface area contributed by atoms with Crippen LogP contribution in [0.2, 0.25) is 0 Å². The van der Waals surface area contributed by atoms with Gasteiger partial charge in [0, 0.05) is 17.3 Å². The van der Waals surface area contributed by atoms with Gasteiger partial charge in [0.25, 0.3) is 0 Å². The molecule has 0 heterocycles. The molecule has 1 aromatic carbocycles. The normalized spacial score (nSPS) is 30.9. The first-order valence-electron chi connectivity index (χ1n) is 7.75. The summed E-state index contributed by atoms with van der Waals surface area (Å²) in [4.78, 5) is 0. The summed E-state index contributed by atoms with van der Waals surface area (Å²) in [5.41, 5.74) is 3.16. The molecule has 1 aromatic rings. The fourth-order valence-corrected chi connectivity index (χ4v) is 4.70. The molecular weight excluding hydrogens is 250 g/mol. The van der Waals surface area contributed by atoms with Gasteiger partial charge in [0.15, 0.2) is 0 Å². The van der Waals surface area contributed by atoms with Crippen LogP contribution < -0.4 is 5.32 Å². The van der Waals surface area contributed by atoms with Gasteiger partial charge >= 0.3 is 0 Å². The third kappa shape index (κ3) is 3.00. The molecule has 0 radical (unpaired) electrons. The average Bonchev–Trinajstić information content (AvgIpc) is 2.80. The zero-order valence-electron chi connectivity index (χ0n) is 11.9. The van der Waals surface area contributed by atoms with E-state index in [-0.39, 0.29) is 0 Å². The summed E-state index contributed by atoms with van der Waals surface area (Å²) in [6.07, 6.45) is 11.7. The molecule has 1 nitrogen and oxygen atoms in total. The first-order chi connectivity index (χ1) is 9.38. The smallest absolute Gasteiger partial charge is 0.0325 e. The Morgan fingerprint density at radius 3 is 2.84 bits per heavy atom. The van der Waals surface area contributed by atoms with Crippen LogP contribution in [0.4, 0.5) is 0 Å². The number of benzene rings is 1. The molecule has 2 aliphatic rings. The van der Waals surface area contributed by atoms with E-state index in [2.05, 4.69) is 47.6 Å². The van der Waals surface area contributed by atoms with E-state index >= 15 is 0 Å². The SMILES string of the molecule is CSC1CCCC1NC1CCCCc2ccccc21. The van der Waals surface area contributed by atoms with Crippen molar-refractivity contribution in [2.45, 2.75) is 62.3 Å². The van der Waals surface area contributed by atoms with Gasteiger partial charge < -0.3 is 5.32 Å². The summed E-state index contributed by atoms with van der Waals surface area (Å²) in [6, 6.07) is 10.4. The van der Waals surface area contributed by atoms with Crippen molar-refractivity contribution in [1.82, 2.24) is 5.32 Å². The molecule has 3 unspecified atom stereocenters. The maximum Gasteiger partial charge on any atom is 0.0325 e. The van der Waals surface area contributed by atoms with E-state index in [0.29, 0.717) is 6.04 Å². The zero-order valence-corrected chi connectivity index (χ0v) is 12.7. The van der Waals surface area contributed by atoms with Crippen LogP contribution in [-0.2, 0) is 6.42 Å². The highest BCUT2D eigenvalue weighted by Gasteiger charge is 2.29. The minimum Gasteiger partial charge on any atom is -0.306 e. The van der Waals surface area contributed by atoms with Gasteiger partial charge in [-0.15, -0.1) is 0 Å². The third-order valence-electron chi connectivity index (χ3n) is 4.79. The fraction of sp³-hybridized carbons (Fsp3) is 0.647. The van der Waals surface area contributed by atoms with Crippen molar-refractivity contribution in [3.63, 3.8) is 0 Å². The minimum atomic E-state index is 0.594. The van der Waals surface area contributed by atoms with Crippen molar-refractivity contribution in [2.24, 2.45) is 0 Å². The van der Waals surface area contributed by atoms with Crippen molar-refractivity contribution in [1.29, 1.82) is 0 Å². The summed E-state index contributed by atoms with van der Waals surface area (Å²) in [5, 5.41) is 4.82. The summed E-state index contributed by atoms with van der Waals surface area (Å²) < 4.78 is 0. The van der Waals surface area contributed by atoms with Crippen molar-refractivity contribution in [3.8, 4) is 0 Å². The number of hydrogen-bond acceptors (Lipinski definition) is 2. The maximum absolute atomic E-state index is 3.99. The highest BCUT2D eigenvalue weighted by Crippen LogP contribution is 2.34. The standard InChI is InChI=1S/C17H25NS/c1-19-17-12-6-11-16(17)18-15-10-5-3-8-13-7-2-4-9-14(13)15/h2,4,7,9,15-18H,3,5-6,8,10-12H2,1H3. The molecule has 1 fully saturated rings. The molecule has 104 valence electrons. The predicted molar refractivity (Wildman–Crippen MR) is 84.8 cm³/mol. The maximum atomic E-state index is 3.99. The third-order valence-corrected chi connectivity index (χ3v) is 5.96. The number of rotatable bonds is 3. The number of aryl methyl sites for hydroxylation is 1. The van der Waals surface area contributed by atoms with Gasteiger partial charge in [-0.3, -0.25) is 0 Å². The van der Waals surface area contributed by atoms with Crippen LogP contribution in [0.5, 0.6) is 0 Å². The molecule has 0 saturated heterocycles. The summed E-state index contributed by atoms with van der Waals surface area (Å²) in [5.74, 6) is 0. The molecule has 0 spiro atoms. The lowest BCUT2D eigenvalue weighted by Gasteiger charge is -2.27. The highest BCUT2D eigenvalue weighted by atomic mass is 32.2. The second kappa shape index (κ2) is 6.32. The lowest BCUT2D eigenvalue weighted by molar-refractivity contribution is 0.420. The van der Waals surface area contributed by atoms with E-state index in [9.17, 15) is 0 Å². The van der Waals surface area contributed by atoms with E-state index in [0.717, 1.165) is 11.3 Å². The molecule has 2 heteroatoms. The molecule has 0 aromatic heterocycles. The first-order valence-corrected chi connectivity index (χ1v) is 9.04. The van der Waals surface area contributed by atoms with Gasteiger partial charge in [0.2, 0.25) is 0 Å². The largest absolute Gasteiger partial charge is 0.306 e. The Labute approximate surface area is 121 Å². The van der Waals surface area contributed by atoms with E-state index in [4.69, 9.17) is 0 Å². The Hall–Kier alpha value is -0.470. The molecule has 1 N–H and O–H groups in total. The molecule has 0 amide bonds. The summed E-state index contributed by atoms with van der Waals surface area (Å²) in [6.45, 7) is 0. The van der Waals surface area contributed by atoms with E-state index in [1.807, 2.05) is 0 Å². The van der Waals surface area contributed by atoms with Gasteiger partial charge in [-0.2, -0.15) is 11.8 Å². The van der Waals surface area contributed by atoms with Crippen molar-refractivity contribution in [3.05, 3.63) is 35.4 Å². The summed E-state index contributed by atoms with van der Waals surface area (Å²) in [7, 11) is 0. The van der Waals surface area contributed by atoms with Crippen molar-refractivity contribution >= 4 is 11.8 Å². The van der Waals surface area contributed by atoms with Gasteiger partial charge in [-0.1, -0.05) is 37.1 Å². The molecule has 3 rings (SSSR count). The molecule has 2 aliphatic carbocycles. The monoisotopic (exact) mass is 275 g/mol. The Balaban J connectivity index is 1.77. The molecule has 3 atom stereocenters. The lowest BCUT2D eigenvalue weighted by Crippen LogP contribution is -2.37. The average molecular weight is 275 g/mol. The van der Waals surface area contributed by atoms with Crippen molar-refractivity contribution in [2.75, 3.05) is 6.26 Å². The number of hydrogen-bond donors (Lipinski definition) is 1. The Kier molecular flexibility index (Phi) is 4.49. The highest BCUT2D eigenvalue weighted by molar-refractivity contribution is 7.99. The van der Waals surface area contributed by atoms with Crippen LogP contribution >= 0.6 is 11.8 Å². The lowest BCUT2D eigenvalue weighted by atomic mass is 9.98. The predicted octanol–water partition coefficient (Wildman–Crippen LogP) is 4.33.